The molecule has 1 saturated carbocycles. The molecule has 0 saturated heterocycles. The molecule has 1 heterocycles. The standard InChI is InChI=1S/C13H24N6O/c1-4-14-10-15-11(17-12(16-10)19(2)3)18-13(9-20)7-5-6-8-13/h20H,4-9H2,1-3H3,(H2,14,15,16,17,18). The molecule has 1 aliphatic carbocycles. The highest BCUT2D eigenvalue weighted by molar-refractivity contribution is 5.44. The fraction of sp³-hybridized carbons (Fsp3) is 0.769. The first-order valence-electron chi connectivity index (χ1n) is 7.15. The van der Waals surface area contributed by atoms with Crippen LogP contribution >= 0.6 is 0 Å². The van der Waals surface area contributed by atoms with Crippen LogP contribution in [0, 0.1) is 0 Å². The average Bonchev–Trinajstić information content (AvgIpc) is 2.88. The van der Waals surface area contributed by atoms with E-state index < -0.39 is 0 Å². The summed E-state index contributed by atoms with van der Waals surface area (Å²) < 4.78 is 0. The zero-order chi connectivity index (χ0) is 14.6. The number of aliphatic hydroxyl groups is 1. The van der Waals surface area contributed by atoms with Crippen molar-refractivity contribution in [2.45, 2.75) is 38.1 Å². The Kier molecular flexibility index (Phi) is 4.59. The predicted octanol–water partition coefficient (Wildman–Crippen LogP) is 1.09. The normalized spacial score (nSPS) is 17.0. The summed E-state index contributed by atoms with van der Waals surface area (Å²) in [6, 6.07) is 0. The van der Waals surface area contributed by atoms with E-state index in [0.717, 1.165) is 32.2 Å². The molecule has 7 heteroatoms. The Hall–Kier alpha value is -1.63. The van der Waals surface area contributed by atoms with E-state index in [1.165, 1.54) is 0 Å². The molecule has 3 N–H and O–H groups in total. The lowest BCUT2D eigenvalue weighted by Gasteiger charge is -2.28. The summed E-state index contributed by atoms with van der Waals surface area (Å²) in [7, 11) is 3.79. The average molecular weight is 280 g/mol. The largest absolute Gasteiger partial charge is 0.394 e. The molecule has 20 heavy (non-hydrogen) atoms. The van der Waals surface area contributed by atoms with Crippen molar-refractivity contribution < 1.29 is 5.11 Å². The minimum atomic E-state index is -0.283. The van der Waals surface area contributed by atoms with Gasteiger partial charge in [0.05, 0.1) is 12.1 Å². The number of aliphatic hydroxyl groups excluding tert-OH is 1. The second-order valence-electron chi connectivity index (χ2n) is 5.48. The van der Waals surface area contributed by atoms with Gasteiger partial charge < -0.3 is 20.6 Å². The van der Waals surface area contributed by atoms with Crippen LogP contribution in [0.4, 0.5) is 17.8 Å². The number of anilines is 3. The van der Waals surface area contributed by atoms with Crippen LogP contribution in [0.1, 0.15) is 32.6 Å². The highest BCUT2D eigenvalue weighted by atomic mass is 16.3. The Balaban J connectivity index is 2.25. The zero-order valence-electron chi connectivity index (χ0n) is 12.5. The number of hydrogen-bond donors (Lipinski definition) is 3. The molecule has 0 unspecified atom stereocenters. The summed E-state index contributed by atoms with van der Waals surface area (Å²) in [4.78, 5) is 15.0. The van der Waals surface area contributed by atoms with E-state index in [1.54, 1.807) is 0 Å². The van der Waals surface area contributed by atoms with Crippen LogP contribution in [-0.2, 0) is 0 Å². The van der Waals surface area contributed by atoms with Gasteiger partial charge in [0.1, 0.15) is 0 Å². The Morgan fingerprint density at radius 3 is 2.35 bits per heavy atom. The van der Waals surface area contributed by atoms with Crippen molar-refractivity contribution >= 4 is 17.8 Å². The lowest BCUT2D eigenvalue weighted by molar-refractivity contribution is 0.213. The molecule has 1 aromatic heterocycles. The minimum absolute atomic E-state index is 0.104. The van der Waals surface area contributed by atoms with Crippen molar-refractivity contribution in [2.24, 2.45) is 0 Å². The predicted molar refractivity (Wildman–Crippen MR) is 80.2 cm³/mol. The molecule has 0 spiro atoms. The topological polar surface area (TPSA) is 86.2 Å². The van der Waals surface area contributed by atoms with Gasteiger partial charge in [-0.15, -0.1) is 0 Å². The van der Waals surface area contributed by atoms with Crippen molar-refractivity contribution in [3.8, 4) is 0 Å². The molecule has 0 aromatic carbocycles. The lowest BCUT2D eigenvalue weighted by atomic mass is 9.99. The summed E-state index contributed by atoms with van der Waals surface area (Å²) in [5.41, 5.74) is -0.283. The third kappa shape index (κ3) is 3.27. The third-order valence-electron chi connectivity index (χ3n) is 3.60. The van der Waals surface area contributed by atoms with Crippen LogP contribution in [0.3, 0.4) is 0 Å². The maximum Gasteiger partial charge on any atom is 0.231 e. The summed E-state index contributed by atoms with van der Waals surface area (Å²) in [6.45, 7) is 2.85. The molecule has 0 radical (unpaired) electrons. The van der Waals surface area contributed by atoms with Crippen molar-refractivity contribution in [1.29, 1.82) is 0 Å². The van der Waals surface area contributed by atoms with Crippen molar-refractivity contribution in [3.63, 3.8) is 0 Å². The number of nitrogens with zero attached hydrogens (tertiary/aromatic N) is 4. The molecule has 0 atom stereocenters. The summed E-state index contributed by atoms with van der Waals surface area (Å²) in [5, 5.41) is 16.1. The smallest absolute Gasteiger partial charge is 0.231 e. The number of aromatic nitrogens is 3. The van der Waals surface area contributed by atoms with E-state index in [0.29, 0.717) is 17.8 Å². The molecular weight excluding hydrogens is 256 g/mol. The van der Waals surface area contributed by atoms with E-state index in [9.17, 15) is 5.11 Å². The van der Waals surface area contributed by atoms with Crippen molar-refractivity contribution in [3.05, 3.63) is 0 Å². The van der Waals surface area contributed by atoms with Crippen LogP contribution < -0.4 is 15.5 Å². The van der Waals surface area contributed by atoms with Gasteiger partial charge in [-0.2, -0.15) is 15.0 Å². The van der Waals surface area contributed by atoms with Crippen LogP contribution in [0.25, 0.3) is 0 Å². The molecule has 1 aromatic rings. The summed E-state index contributed by atoms with van der Waals surface area (Å²) >= 11 is 0. The number of hydrogen-bond acceptors (Lipinski definition) is 7. The van der Waals surface area contributed by atoms with E-state index >= 15 is 0 Å². The third-order valence-corrected chi connectivity index (χ3v) is 3.60. The first-order valence-corrected chi connectivity index (χ1v) is 7.15. The molecule has 1 aliphatic rings. The molecule has 0 aliphatic heterocycles. The van der Waals surface area contributed by atoms with Gasteiger partial charge in [-0.3, -0.25) is 0 Å². The summed E-state index contributed by atoms with van der Waals surface area (Å²) in [6.07, 6.45) is 4.14. The first kappa shape index (κ1) is 14.8. The molecule has 2 rings (SSSR count). The maximum atomic E-state index is 9.67. The number of rotatable bonds is 6. The summed E-state index contributed by atoms with van der Waals surface area (Å²) in [5.74, 6) is 1.68. The van der Waals surface area contributed by atoms with E-state index in [2.05, 4.69) is 25.6 Å². The molecule has 112 valence electrons. The van der Waals surface area contributed by atoms with Gasteiger partial charge >= 0.3 is 0 Å². The molecule has 0 amide bonds. The Morgan fingerprint density at radius 2 is 1.80 bits per heavy atom. The Bertz CT molecular complexity index is 444. The van der Waals surface area contributed by atoms with Crippen molar-refractivity contribution in [2.75, 3.05) is 42.8 Å². The van der Waals surface area contributed by atoms with E-state index in [1.807, 2.05) is 25.9 Å². The first-order chi connectivity index (χ1) is 9.58. The van der Waals surface area contributed by atoms with E-state index in [-0.39, 0.29) is 12.1 Å². The van der Waals surface area contributed by atoms with Gasteiger partial charge in [0.15, 0.2) is 0 Å². The molecular formula is C13H24N6O. The monoisotopic (exact) mass is 280 g/mol. The Morgan fingerprint density at radius 1 is 1.15 bits per heavy atom. The van der Waals surface area contributed by atoms with Gasteiger partial charge in [0.25, 0.3) is 0 Å². The highest BCUT2D eigenvalue weighted by Gasteiger charge is 2.34. The quantitative estimate of drug-likeness (QED) is 0.719. The Labute approximate surface area is 119 Å². The zero-order valence-corrected chi connectivity index (χ0v) is 12.5. The van der Waals surface area contributed by atoms with E-state index in [4.69, 9.17) is 0 Å². The maximum absolute atomic E-state index is 9.67. The number of nitrogens with one attached hydrogen (secondary N) is 2. The molecule has 1 fully saturated rings. The fourth-order valence-electron chi connectivity index (χ4n) is 2.47. The van der Waals surface area contributed by atoms with Gasteiger partial charge in [-0.05, 0) is 19.8 Å². The second kappa shape index (κ2) is 6.21. The van der Waals surface area contributed by atoms with Gasteiger partial charge in [-0.1, -0.05) is 12.8 Å². The van der Waals surface area contributed by atoms with Crippen LogP contribution in [0.2, 0.25) is 0 Å². The van der Waals surface area contributed by atoms with Crippen molar-refractivity contribution in [1.82, 2.24) is 15.0 Å². The van der Waals surface area contributed by atoms with Crippen LogP contribution in [-0.4, -0.2) is 52.8 Å². The van der Waals surface area contributed by atoms with Gasteiger partial charge in [0, 0.05) is 20.6 Å². The second-order valence-corrected chi connectivity index (χ2v) is 5.48. The van der Waals surface area contributed by atoms with Gasteiger partial charge in [0.2, 0.25) is 17.8 Å². The SMILES string of the molecule is CCNc1nc(NC2(CO)CCCC2)nc(N(C)C)n1. The fourth-order valence-corrected chi connectivity index (χ4v) is 2.47. The van der Waals surface area contributed by atoms with Gasteiger partial charge in [-0.25, -0.2) is 0 Å². The van der Waals surface area contributed by atoms with Crippen LogP contribution in [0.5, 0.6) is 0 Å². The molecule has 7 nitrogen and oxygen atoms in total. The van der Waals surface area contributed by atoms with Crippen LogP contribution in [0.15, 0.2) is 0 Å². The highest BCUT2D eigenvalue weighted by Crippen LogP contribution is 2.32. The lowest BCUT2D eigenvalue weighted by Crippen LogP contribution is -2.40. The minimum Gasteiger partial charge on any atom is -0.394 e. The molecule has 0 bridgehead atoms.